The zero-order chi connectivity index (χ0) is 9.90. The highest BCUT2D eigenvalue weighted by Crippen LogP contribution is 2.23. The van der Waals surface area contributed by atoms with E-state index in [4.69, 9.17) is 4.74 Å². The van der Waals surface area contributed by atoms with E-state index in [-0.39, 0.29) is 11.3 Å². The Bertz CT molecular complexity index is 183. The summed E-state index contributed by atoms with van der Waals surface area (Å²) in [4.78, 5) is 13.7. The van der Waals surface area contributed by atoms with E-state index in [1.165, 1.54) is 0 Å². The van der Waals surface area contributed by atoms with E-state index >= 15 is 0 Å². The summed E-state index contributed by atoms with van der Waals surface area (Å²) in [5, 5.41) is 0. The molecule has 0 saturated carbocycles. The maximum Gasteiger partial charge on any atom is 0.230 e. The van der Waals surface area contributed by atoms with E-state index in [0.29, 0.717) is 6.73 Å². The molecular formula is C10H19NO2. The fraction of sp³-hybridized carbons (Fsp3) is 0.900. The van der Waals surface area contributed by atoms with Crippen LogP contribution in [0.2, 0.25) is 0 Å². The smallest absolute Gasteiger partial charge is 0.230 e. The maximum atomic E-state index is 11.9. The zero-order valence-corrected chi connectivity index (χ0v) is 8.80. The Kier molecular flexibility index (Phi) is 3.31. The summed E-state index contributed by atoms with van der Waals surface area (Å²) < 4.78 is 5.25. The Labute approximate surface area is 80.1 Å². The molecule has 1 rings (SSSR count). The largest absolute Gasteiger partial charge is 0.361 e. The number of ether oxygens (including phenoxy) is 1. The summed E-state index contributed by atoms with van der Waals surface area (Å²) in [5.41, 5.74) is -0.235. The summed E-state index contributed by atoms with van der Waals surface area (Å²) >= 11 is 0. The molecule has 13 heavy (non-hydrogen) atoms. The summed E-state index contributed by atoms with van der Waals surface area (Å²) in [6, 6.07) is 0. The van der Waals surface area contributed by atoms with Gasteiger partial charge in [0.1, 0.15) is 6.73 Å². The van der Waals surface area contributed by atoms with Gasteiger partial charge in [-0.1, -0.05) is 20.8 Å². The fourth-order valence-corrected chi connectivity index (χ4v) is 1.34. The molecule has 1 amide bonds. The number of hydrogen-bond acceptors (Lipinski definition) is 2. The van der Waals surface area contributed by atoms with E-state index in [1.807, 2.05) is 25.7 Å². The van der Waals surface area contributed by atoms with Gasteiger partial charge in [0.15, 0.2) is 0 Å². The van der Waals surface area contributed by atoms with Crippen molar-refractivity contribution in [1.82, 2.24) is 4.90 Å². The number of carbonyl (C=O) groups is 1. The first-order valence-electron chi connectivity index (χ1n) is 4.95. The van der Waals surface area contributed by atoms with Gasteiger partial charge in [-0.3, -0.25) is 4.79 Å². The molecule has 0 aliphatic carbocycles. The standard InChI is InChI=1S/C10H19NO2/c1-4-10(2,3)9(12)11-6-5-7-13-8-11/h4-8H2,1-3H3. The van der Waals surface area contributed by atoms with Gasteiger partial charge < -0.3 is 9.64 Å². The van der Waals surface area contributed by atoms with Gasteiger partial charge in [-0.15, -0.1) is 0 Å². The van der Waals surface area contributed by atoms with E-state index in [0.717, 1.165) is 26.0 Å². The van der Waals surface area contributed by atoms with Crippen molar-refractivity contribution >= 4 is 5.91 Å². The van der Waals surface area contributed by atoms with Gasteiger partial charge in [0.25, 0.3) is 0 Å². The highest BCUT2D eigenvalue weighted by Gasteiger charge is 2.30. The van der Waals surface area contributed by atoms with Crippen molar-refractivity contribution in [2.75, 3.05) is 19.9 Å². The molecule has 1 aliphatic heterocycles. The van der Waals surface area contributed by atoms with Gasteiger partial charge >= 0.3 is 0 Å². The summed E-state index contributed by atoms with van der Waals surface area (Å²) in [7, 11) is 0. The van der Waals surface area contributed by atoms with Crippen molar-refractivity contribution in [2.24, 2.45) is 5.41 Å². The monoisotopic (exact) mass is 185 g/mol. The molecule has 76 valence electrons. The molecule has 0 atom stereocenters. The summed E-state index contributed by atoms with van der Waals surface area (Å²) in [6.45, 7) is 8.14. The molecule has 3 heteroatoms. The first-order chi connectivity index (χ1) is 6.08. The Morgan fingerprint density at radius 3 is 2.69 bits per heavy atom. The summed E-state index contributed by atoms with van der Waals surface area (Å²) in [5.74, 6) is 0.217. The molecule has 0 unspecified atom stereocenters. The molecule has 0 bridgehead atoms. The molecule has 3 nitrogen and oxygen atoms in total. The highest BCUT2D eigenvalue weighted by molar-refractivity contribution is 5.81. The van der Waals surface area contributed by atoms with Crippen LogP contribution in [-0.2, 0) is 9.53 Å². The van der Waals surface area contributed by atoms with Crippen LogP contribution >= 0.6 is 0 Å². The minimum atomic E-state index is -0.235. The first-order valence-corrected chi connectivity index (χ1v) is 4.95. The van der Waals surface area contributed by atoms with E-state index < -0.39 is 0 Å². The second-order valence-electron chi connectivity index (χ2n) is 4.20. The van der Waals surface area contributed by atoms with Gasteiger partial charge in [0, 0.05) is 12.0 Å². The normalized spacial score (nSPS) is 18.8. The number of hydrogen-bond donors (Lipinski definition) is 0. The lowest BCUT2D eigenvalue weighted by molar-refractivity contribution is -0.150. The third-order valence-electron chi connectivity index (χ3n) is 2.71. The Balaban J connectivity index is 2.55. The fourth-order valence-electron chi connectivity index (χ4n) is 1.34. The van der Waals surface area contributed by atoms with Crippen molar-refractivity contribution in [1.29, 1.82) is 0 Å². The van der Waals surface area contributed by atoms with Crippen molar-refractivity contribution < 1.29 is 9.53 Å². The molecule has 1 saturated heterocycles. The Hall–Kier alpha value is -0.570. The Morgan fingerprint density at radius 2 is 2.23 bits per heavy atom. The predicted molar refractivity (Wildman–Crippen MR) is 51.2 cm³/mol. The van der Waals surface area contributed by atoms with Crippen LogP contribution in [0, 0.1) is 5.41 Å². The molecule has 0 radical (unpaired) electrons. The van der Waals surface area contributed by atoms with Crippen molar-refractivity contribution in [3.8, 4) is 0 Å². The Morgan fingerprint density at radius 1 is 1.54 bits per heavy atom. The topological polar surface area (TPSA) is 29.5 Å². The van der Waals surface area contributed by atoms with Crippen LogP contribution in [-0.4, -0.2) is 30.7 Å². The number of carbonyl (C=O) groups excluding carboxylic acids is 1. The van der Waals surface area contributed by atoms with E-state index in [2.05, 4.69) is 0 Å². The van der Waals surface area contributed by atoms with Crippen molar-refractivity contribution in [3.63, 3.8) is 0 Å². The van der Waals surface area contributed by atoms with Crippen LogP contribution < -0.4 is 0 Å². The number of nitrogens with zero attached hydrogens (tertiary/aromatic N) is 1. The quantitative estimate of drug-likeness (QED) is 0.654. The lowest BCUT2D eigenvalue weighted by Gasteiger charge is -2.33. The second-order valence-corrected chi connectivity index (χ2v) is 4.20. The molecule has 1 aliphatic rings. The number of amides is 1. The van der Waals surface area contributed by atoms with Crippen LogP contribution in [0.5, 0.6) is 0 Å². The van der Waals surface area contributed by atoms with Crippen molar-refractivity contribution in [3.05, 3.63) is 0 Å². The number of rotatable bonds is 2. The third kappa shape index (κ3) is 2.44. The molecule has 0 aromatic rings. The molecule has 0 N–H and O–H groups in total. The van der Waals surface area contributed by atoms with Crippen LogP contribution in [0.4, 0.5) is 0 Å². The van der Waals surface area contributed by atoms with Crippen LogP contribution in [0.25, 0.3) is 0 Å². The zero-order valence-electron chi connectivity index (χ0n) is 8.80. The van der Waals surface area contributed by atoms with Crippen LogP contribution in [0.3, 0.4) is 0 Å². The minimum absolute atomic E-state index is 0.217. The molecule has 1 heterocycles. The average Bonchev–Trinajstić information content (AvgIpc) is 2.18. The predicted octanol–water partition coefficient (Wildman–Crippen LogP) is 1.63. The van der Waals surface area contributed by atoms with Gasteiger partial charge in [0.05, 0.1) is 6.61 Å². The van der Waals surface area contributed by atoms with Crippen LogP contribution in [0.15, 0.2) is 0 Å². The highest BCUT2D eigenvalue weighted by atomic mass is 16.5. The maximum absolute atomic E-state index is 11.9. The van der Waals surface area contributed by atoms with Gasteiger partial charge in [-0.25, -0.2) is 0 Å². The lowest BCUT2D eigenvalue weighted by Crippen LogP contribution is -2.44. The average molecular weight is 185 g/mol. The third-order valence-corrected chi connectivity index (χ3v) is 2.71. The van der Waals surface area contributed by atoms with Gasteiger partial charge in [-0.2, -0.15) is 0 Å². The molecule has 1 fully saturated rings. The SMILES string of the molecule is CCC(C)(C)C(=O)N1CCCOC1. The second kappa shape index (κ2) is 4.09. The molecule has 0 aromatic heterocycles. The molecule has 0 spiro atoms. The van der Waals surface area contributed by atoms with E-state index in [9.17, 15) is 4.79 Å². The lowest BCUT2D eigenvalue weighted by atomic mass is 9.88. The summed E-state index contributed by atoms with van der Waals surface area (Å²) in [6.07, 6.45) is 1.84. The van der Waals surface area contributed by atoms with Crippen molar-refractivity contribution in [2.45, 2.75) is 33.6 Å². The molecular weight excluding hydrogens is 166 g/mol. The van der Waals surface area contributed by atoms with Gasteiger partial charge in [-0.05, 0) is 12.8 Å². The molecule has 0 aromatic carbocycles. The van der Waals surface area contributed by atoms with E-state index in [1.54, 1.807) is 0 Å². The first kappa shape index (κ1) is 10.5. The van der Waals surface area contributed by atoms with Crippen LogP contribution in [0.1, 0.15) is 33.6 Å². The minimum Gasteiger partial charge on any atom is -0.361 e. The van der Waals surface area contributed by atoms with Gasteiger partial charge in [0.2, 0.25) is 5.91 Å².